The molecule has 1 saturated heterocycles. The highest BCUT2D eigenvalue weighted by Crippen LogP contribution is 2.26. The van der Waals surface area contributed by atoms with Gasteiger partial charge < -0.3 is 14.7 Å². The minimum Gasteiger partial charge on any atom is -0.490 e. The van der Waals surface area contributed by atoms with Gasteiger partial charge in [0.05, 0.1) is 12.0 Å². The largest absolute Gasteiger partial charge is 0.490 e. The number of carbonyl (C=O) groups excluding carboxylic acids is 1. The molecule has 5 heteroatoms. The molecule has 5 nitrogen and oxygen atoms in total. The number of carboxylic acids is 1. The molecular formula is C17H21NO4. The van der Waals surface area contributed by atoms with Crippen molar-refractivity contribution in [1.82, 2.24) is 4.90 Å². The van der Waals surface area contributed by atoms with Crippen molar-refractivity contribution in [3.8, 4) is 5.75 Å². The summed E-state index contributed by atoms with van der Waals surface area (Å²) >= 11 is 0. The monoisotopic (exact) mass is 303 g/mol. The zero-order valence-corrected chi connectivity index (χ0v) is 12.5. The molecule has 3 rings (SSSR count). The topological polar surface area (TPSA) is 66.8 Å². The summed E-state index contributed by atoms with van der Waals surface area (Å²) in [5, 5.41) is 8.99. The van der Waals surface area contributed by atoms with Crippen LogP contribution >= 0.6 is 0 Å². The molecule has 2 fully saturated rings. The number of aliphatic carboxylic acids is 1. The summed E-state index contributed by atoms with van der Waals surface area (Å²) in [6.45, 7) is 1.02. The SMILES string of the molecule is O=C(O)C1CCN(C(=O)c2ccc(OC3CCC3)cc2)CC1. The molecule has 0 aromatic heterocycles. The molecule has 0 spiro atoms. The Bertz CT molecular complexity index is 542. The van der Waals surface area contributed by atoms with Gasteiger partial charge in [0.1, 0.15) is 5.75 Å². The summed E-state index contributed by atoms with van der Waals surface area (Å²) in [6, 6.07) is 7.27. The van der Waals surface area contributed by atoms with Crippen LogP contribution in [0.3, 0.4) is 0 Å². The lowest BCUT2D eigenvalue weighted by atomic mass is 9.96. The molecule has 0 unspecified atom stereocenters. The second-order valence-electron chi connectivity index (χ2n) is 6.10. The number of hydrogen-bond acceptors (Lipinski definition) is 3. The normalized spacial score (nSPS) is 19.5. The standard InChI is InChI=1S/C17H21NO4/c19-16(18-10-8-13(9-11-18)17(20)21)12-4-6-15(7-5-12)22-14-2-1-3-14/h4-7,13-14H,1-3,8-11H2,(H,20,21). The maximum Gasteiger partial charge on any atom is 0.306 e. The molecule has 0 radical (unpaired) electrons. The number of carbonyl (C=O) groups is 2. The predicted octanol–water partition coefficient (Wildman–Crippen LogP) is 2.55. The van der Waals surface area contributed by atoms with Crippen molar-refractivity contribution in [2.24, 2.45) is 5.92 Å². The van der Waals surface area contributed by atoms with Crippen LogP contribution in [-0.2, 0) is 4.79 Å². The molecule has 1 N–H and O–H groups in total. The van der Waals surface area contributed by atoms with E-state index in [1.807, 2.05) is 12.1 Å². The third-order valence-corrected chi connectivity index (χ3v) is 4.59. The van der Waals surface area contributed by atoms with Crippen molar-refractivity contribution >= 4 is 11.9 Å². The summed E-state index contributed by atoms with van der Waals surface area (Å²) in [4.78, 5) is 25.1. The fraction of sp³-hybridized carbons (Fsp3) is 0.529. The van der Waals surface area contributed by atoms with Crippen LogP contribution in [-0.4, -0.2) is 41.1 Å². The molecule has 1 amide bonds. The van der Waals surface area contributed by atoms with Crippen LogP contribution < -0.4 is 4.74 Å². The van der Waals surface area contributed by atoms with Gasteiger partial charge in [0.15, 0.2) is 0 Å². The quantitative estimate of drug-likeness (QED) is 0.928. The Kier molecular flexibility index (Phi) is 4.32. The van der Waals surface area contributed by atoms with Gasteiger partial charge in [0.2, 0.25) is 0 Å². The lowest BCUT2D eigenvalue weighted by molar-refractivity contribution is -0.143. The van der Waals surface area contributed by atoms with Gasteiger partial charge >= 0.3 is 5.97 Å². The van der Waals surface area contributed by atoms with E-state index in [1.165, 1.54) is 6.42 Å². The highest BCUT2D eigenvalue weighted by Gasteiger charge is 2.27. The molecular weight excluding hydrogens is 282 g/mol. The first kappa shape index (κ1) is 14.9. The van der Waals surface area contributed by atoms with Crippen LogP contribution in [0.15, 0.2) is 24.3 Å². The number of nitrogens with zero attached hydrogens (tertiary/aromatic N) is 1. The van der Waals surface area contributed by atoms with Gasteiger partial charge in [-0.2, -0.15) is 0 Å². The van der Waals surface area contributed by atoms with Gasteiger partial charge in [0, 0.05) is 18.7 Å². The molecule has 1 heterocycles. The van der Waals surface area contributed by atoms with Crippen LogP contribution in [0.4, 0.5) is 0 Å². The molecule has 1 saturated carbocycles. The van der Waals surface area contributed by atoms with Crippen LogP contribution in [0.2, 0.25) is 0 Å². The van der Waals surface area contributed by atoms with Crippen molar-refractivity contribution in [2.75, 3.05) is 13.1 Å². The third kappa shape index (κ3) is 3.24. The molecule has 1 aliphatic carbocycles. The number of rotatable bonds is 4. The van der Waals surface area contributed by atoms with Crippen LogP contribution in [0, 0.1) is 5.92 Å². The zero-order valence-electron chi connectivity index (χ0n) is 12.5. The van der Waals surface area contributed by atoms with Gasteiger partial charge in [-0.15, -0.1) is 0 Å². The van der Waals surface area contributed by atoms with Crippen LogP contribution in [0.25, 0.3) is 0 Å². The Labute approximate surface area is 129 Å². The first-order valence-corrected chi connectivity index (χ1v) is 7.92. The van der Waals surface area contributed by atoms with E-state index in [4.69, 9.17) is 9.84 Å². The molecule has 0 atom stereocenters. The fourth-order valence-electron chi connectivity index (χ4n) is 2.87. The Morgan fingerprint density at radius 3 is 2.18 bits per heavy atom. The van der Waals surface area contributed by atoms with E-state index < -0.39 is 5.97 Å². The number of piperidine rings is 1. The Morgan fingerprint density at radius 1 is 1.05 bits per heavy atom. The van der Waals surface area contributed by atoms with Crippen LogP contribution in [0.5, 0.6) is 5.75 Å². The predicted molar refractivity (Wildman–Crippen MR) is 81.0 cm³/mol. The van der Waals surface area contributed by atoms with E-state index in [2.05, 4.69) is 0 Å². The molecule has 1 aliphatic heterocycles. The molecule has 1 aromatic carbocycles. The highest BCUT2D eigenvalue weighted by molar-refractivity contribution is 5.94. The second kappa shape index (κ2) is 6.38. The Hall–Kier alpha value is -2.04. The molecule has 118 valence electrons. The van der Waals surface area contributed by atoms with Crippen molar-refractivity contribution < 1.29 is 19.4 Å². The summed E-state index contributed by atoms with van der Waals surface area (Å²) in [6.07, 6.45) is 4.84. The fourth-order valence-corrected chi connectivity index (χ4v) is 2.87. The maximum atomic E-state index is 12.4. The van der Waals surface area contributed by atoms with Gasteiger partial charge in [-0.25, -0.2) is 0 Å². The third-order valence-electron chi connectivity index (χ3n) is 4.59. The molecule has 22 heavy (non-hydrogen) atoms. The lowest BCUT2D eigenvalue weighted by Gasteiger charge is -2.30. The minimum absolute atomic E-state index is 0.0287. The molecule has 1 aromatic rings. The number of carboxylic acid groups (broad SMARTS) is 1. The van der Waals surface area contributed by atoms with E-state index in [0.717, 1.165) is 18.6 Å². The summed E-state index contributed by atoms with van der Waals surface area (Å²) < 4.78 is 5.78. The smallest absolute Gasteiger partial charge is 0.306 e. The zero-order chi connectivity index (χ0) is 15.5. The maximum absolute atomic E-state index is 12.4. The van der Waals surface area contributed by atoms with E-state index in [0.29, 0.717) is 37.6 Å². The number of amides is 1. The second-order valence-corrected chi connectivity index (χ2v) is 6.10. The first-order chi connectivity index (χ1) is 10.6. The van der Waals surface area contributed by atoms with Gasteiger partial charge in [0.25, 0.3) is 5.91 Å². The van der Waals surface area contributed by atoms with Crippen molar-refractivity contribution in [3.05, 3.63) is 29.8 Å². The van der Waals surface area contributed by atoms with Gasteiger partial charge in [-0.1, -0.05) is 0 Å². The summed E-state index contributed by atoms with van der Waals surface area (Å²) in [7, 11) is 0. The van der Waals surface area contributed by atoms with E-state index >= 15 is 0 Å². The summed E-state index contributed by atoms with van der Waals surface area (Å²) in [5.74, 6) is -0.295. The number of hydrogen-bond donors (Lipinski definition) is 1. The average molecular weight is 303 g/mol. The van der Waals surface area contributed by atoms with Gasteiger partial charge in [-0.05, 0) is 56.4 Å². The van der Waals surface area contributed by atoms with Crippen LogP contribution in [0.1, 0.15) is 42.5 Å². The number of ether oxygens (including phenoxy) is 1. The van der Waals surface area contributed by atoms with E-state index in [1.54, 1.807) is 17.0 Å². The van der Waals surface area contributed by atoms with E-state index in [9.17, 15) is 9.59 Å². The van der Waals surface area contributed by atoms with Crippen molar-refractivity contribution in [2.45, 2.75) is 38.2 Å². The summed E-state index contributed by atoms with van der Waals surface area (Å²) in [5.41, 5.74) is 0.634. The Morgan fingerprint density at radius 2 is 1.68 bits per heavy atom. The van der Waals surface area contributed by atoms with Crippen molar-refractivity contribution in [1.29, 1.82) is 0 Å². The van der Waals surface area contributed by atoms with E-state index in [-0.39, 0.29) is 11.8 Å². The minimum atomic E-state index is -0.760. The molecule has 0 bridgehead atoms. The first-order valence-electron chi connectivity index (χ1n) is 7.92. The number of likely N-dealkylation sites (tertiary alicyclic amines) is 1. The molecule has 2 aliphatic rings. The highest BCUT2D eigenvalue weighted by atomic mass is 16.5. The van der Waals surface area contributed by atoms with Crippen molar-refractivity contribution in [3.63, 3.8) is 0 Å². The Balaban J connectivity index is 1.56. The lowest BCUT2D eigenvalue weighted by Crippen LogP contribution is -2.40. The number of benzene rings is 1. The average Bonchev–Trinajstić information content (AvgIpc) is 2.51. The van der Waals surface area contributed by atoms with Gasteiger partial charge in [-0.3, -0.25) is 9.59 Å².